The molecule has 0 unspecified atom stereocenters. The van der Waals surface area contributed by atoms with Crippen LogP contribution in [0.3, 0.4) is 0 Å². The van der Waals surface area contributed by atoms with Crippen molar-refractivity contribution in [2.24, 2.45) is 0 Å². The number of fused-ring (bicyclic) bond motifs is 1. The first kappa shape index (κ1) is 11.2. The van der Waals surface area contributed by atoms with Crippen LogP contribution in [0.25, 0.3) is 11.0 Å². The van der Waals surface area contributed by atoms with Gasteiger partial charge in [-0.2, -0.15) is 0 Å². The molecule has 0 bridgehead atoms. The number of imidazole rings is 1. The first-order chi connectivity index (χ1) is 8.81. The van der Waals surface area contributed by atoms with E-state index in [0.717, 1.165) is 15.9 Å². The minimum Gasteiger partial charge on any atom is -0.292 e. The molecule has 0 N–H and O–H groups in total. The van der Waals surface area contributed by atoms with Gasteiger partial charge in [0.15, 0.2) is 0 Å². The van der Waals surface area contributed by atoms with E-state index in [-0.39, 0.29) is 5.69 Å². The summed E-state index contributed by atoms with van der Waals surface area (Å²) in [6.07, 6.45) is 1.81. The van der Waals surface area contributed by atoms with Crippen molar-refractivity contribution in [3.05, 3.63) is 51.3 Å². The summed E-state index contributed by atoms with van der Waals surface area (Å²) < 4.78 is 3.61. The van der Waals surface area contributed by atoms with E-state index in [1.54, 1.807) is 21.4 Å². The second kappa shape index (κ2) is 4.42. The molecule has 0 aliphatic heterocycles. The average Bonchev–Trinajstić information content (AvgIpc) is 2.98. The van der Waals surface area contributed by atoms with Crippen molar-refractivity contribution in [1.82, 2.24) is 14.1 Å². The van der Waals surface area contributed by atoms with Crippen molar-refractivity contribution in [1.29, 1.82) is 0 Å². The van der Waals surface area contributed by atoms with Gasteiger partial charge in [0.25, 0.3) is 0 Å². The molecule has 3 aromatic rings. The van der Waals surface area contributed by atoms with E-state index in [9.17, 15) is 4.79 Å². The lowest BCUT2D eigenvalue weighted by Crippen LogP contribution is -2.23. The summed E-state index contributed by atoms with van der Waals surface area (Å²) in [6.45, 7) is 3.27. The van der Waals surface area contributed by atoms with Crippen molar-refractivity contribution in [2.75, 3.05) is 0 Å². The Morgan fingerprint density at radius 2 is 1.94 bits per heavy atom. The Morgan fingerprint density at radius 3 is 2.56 bits per heavy atom. The van der Waals surface area contributed by atoms with E-state index in [1.807, 2.05) is 42.0 Å². The number of hydrogen-bond donors (Lipinski definition) is 0. The third-order valence-electron chi connectivity index (χ3n) is 3.04. The SMILES string of the molecule is CCn1c(=O)n(Cc2cncs2)c2ccccc21. The van der Waals surface area contributed by atoms with Gasteiger partial charge in [-0.3, -0.25) is 14.1 Å². The van der Waals surface area contributed by atoms with Crippen molar-refractivity contribution in [2.45, 2.75) is 20.0 Å². The van der Waals surface area contributed by atoms with Crippen LogP contribution in [0.5, 0.6) is 0 Å². The molecule has 1 aromatic carbocycles. The number of aromatic nitrogens is 3. The smallest absolute Gasteiger partial charge is 0.292 e. The predicted octanol–water partition coefficient (Wildman–Crippen LogP) is 2.33. The molecule has 0 radical (unpaired) electrons. The lowest BCUT2D eigenvalue weighted by molar-refractivity contribution is 0.687. The first-order valence-electron chi connectivity index (χ1n) is 5.86. The maximum absolute atomic E-state index is 12.4. The molecule has 0 saturated heterocycles. The second-order valence-electron chi connectivity index (χ2n) is 4.07. The molecule has 0 saturated carbocycles. The number of rotatable bonds is 3. The van der Waals surface area contributed by atoms with Gasteiger partial charge in [0.05, 0.1) is 23.1 Å². The maximum atomic E-state index is 12.4. The van der Waals surface area contributed by atoms with Gasteiger partial charge in [-0.1, -0.05) is 12.1 Å². The van der Waals surface area contributed by atoms with Crippen LogP contribution in [-0.2, 0) is 13.1 Å². The second-order valence-corrected chi connectivity index (χ2v) is 5.04. The van der Waals surface area contributed by atoms with Gasteiger partial charge in [-0.05, 0) is 19.1 Å². The summed E-state index contributed by atoms with van der Waals surface area (Å²) in [6, 6.07) is 7.91. The van der Waals surface area contributed by atoms with Crippen LogP contribution in [0.4, 0.5) is 0 Å². The Kier molecular flexibility index (Phi) is 2.76. The summed E-state index contributed by atoms with van der Waals surface area (Å²) in [4.78, 5) is 17.5. The normalized spacial score (nSPS) is 11.2. The van der Waals surface area contributed by atoms with Crippen molar-refractivity contribution in [3.63, 3.8) is 0 Å². The Balaban J connectivity index is 2.22. The van der Waals surface area contributed by atoms with Gasteiger partial charge in [-0.15, -0.1) is 11.3 Å². The zero-order valence-electron chi connectivity index (χ0n) is 10.0. The number of nitrogens with zero attached hydrogens (tertiary/aromatic N) is 3. The fraction of sp³-hybridized carbons (Fsp3) is 0.231. The maximum Gasteiger partial charge on any atom is 0.329 e. The van der Waals surface area contributed by atoms with Crippen molar-refractivity contribution in [3.8, 4) is 0 Å². The molecular formula is C13H13N3OS. The molecule has 2 heterocycles. The van der Waals surface area contributed by atoms with Gasteiger partial charge in [0, 0.05) is 17.6 Å². The predicted molar refractivity (Wildman–Crippen MR) is 73.1 cm³/mol. The molecule has 2 aromatic heterocycles. The van der Waals surface area contributed by atoms with Crippen LogP contribution >= 0.6 is 11.3 Å². The van der Waals surface area contributed by atoms with E-state index in [1.165, 1.54) is 0 Å². The summed E-state index contributed by atoms with van der Waals surface area (Å²) in [5, 5.41) is 0. The van der Waals surface area contributed by atoms with E-state index < -0.39 is 0 Å². The van der Waals surface area contributed by atoms with Crippen LogP contribution < -0.4 is 5.69 Å². The molecule has 0 aliphatic rings. The highest BCUT2D eigenvalue weighted by Gasteiger charge is 2.11. The van der Waals surface area contributed by atoms with Gasteiger partial charge in [0.1, 0.15) is 0 Å². The van der Waals surface area contributed by atoms with Crippen LogP contribution in [-0.4, -0.2) is 14.1 Å². The Morgan fingerprint density at radius 1 is 1.22 bits per heavy atom. The number of para-hydroxylation sites is 2. The average molecular weight is 259 g/mol. The van der Waals surface area contributed by atoms with E-state index in [0.29, 0.717) is 13.1 Å². The summed E-state index contributed by atoms with van der Waals surface area (Å²) in [7, 11) is 0. The lowest BCUT2D eigenvalue weighted by atomic mass is 10.3. The molecule has 0 amide bonds. The lowest BCUT2D eigenvalue weighted by Gasteiger charge is -1.99. The molecule has 0 atom stereocenters. The Hall–Kier alpha value is -1.88. The van der Waals surface area contributed by atoms with Crippen LogP contribution in [0.1, 0.15) is 11.8 Å². The van der Waals surface area contributed by atoms with E-state index in [2.05, 4.69) is 4.98 Å². The minimum absolute atomic E-state index is 0.0482. The molecule has 0 aliphatic carbocycles. The van der Waals surface area contributed by atoms with Crippen LogP contribution in [0.2, 0.25) is 0 Å². The fourth-order valence-electron chi connectivity index (χ4n) is 2.21. The monoisotopic (exact) mass is 259 g/mol. The third kappa shape index (κ3) is 1.67. The van der Waals surface area contributed by atoms with E-state index in [4.69, 9.17) is 0 Å². The molecule has 92 valence electrons. The van der Waals surface area contributed by atoms with Crippen LogP contribution in [0.15, 0.2) is 40.8 Å². The zero-order valence-corrected chi connectivity index (χ0v) is 10.9. The molecule has 3 rings (SSSR count). The molecule has 0 fully saturated rings. The van der Waals surface area contributed by atoms with Gasteiger partial charge < -0.3 is 0 Å². The van der Waals surface area contributed by atoms with Crippen LogP contribution in [0, 0.1) is 0 Å². The number of hydrogen-bond acceptors (Lipinski definition) is 3. The third-order valence-corrected chi connectivity index (χ3v) is 3.80. The molecule has 0 spiro atoms. The largest absolute Gasteiger partial charge is 0.329 e. The minimum atomic E-state index is 0.0482. The molecule has 5 heteroatoms. The number of aryl methyl sites for hydroxylation is 1. The Bertz CT molecular complexity index is 724. The molecular weight excluding hydrogens is 246 g/mol. The highest BCUT2D eigenvalue weighted by Crippen LogP contribution is 2.15. The summed E-state index contributed by atoms with van der Waals surface area (Å²) in [5.74, 6) is 0. The quantitative estimate of drug-likeness (QED) is 0.724. The Labute approximate surface area is 108 Å². The van der Waals surface area contributed by atoms with E-state index >= 15 is 0 Å². The first-order valence-corrected chi connectivity index (χ1v) is 6.74. The summed E-state index contributed by atoms with van der Waals surface area (Å²) in [5.41, 5.74) is 3.82. The van der Waals surface area contributed by atoms with Gasteiger partial charge in [-0.25, -0.2) is 4.79 Å². The molecule has 4 nitrogen and oxygen atoms in total. The van der Waals surface area contributed by atoms with Crippen molar-refractivity contribution < 1.29 is 0 Å². The number of benzene rings is 1. The highest BCUT2D eigenvalue weighted by molar-refractivity contribution is 7.09. The van der Waals surface area contributed by atoms with Crippen molar-refractivity contribution >= 4 is 22.4 Å². The topological polar surface area (TPSA) is 39.8 Å². The highest BCUT2D eigenvalue weighted by atomic mass is 32.1. The standard InChI is InChI=1S/C13H13N3OS/c1-2-15-11-5-3-4-6-12(11)16(13(15)17)8-10-7-14-9-18-10/h3-7,9H,2,8H2,1H3. The zero-order chi connectivity index (χ0) is 12.5. The summed E-state index contributed by atoms with van der Waals surface area (Å²) >= 11 is 1.57. The molecule has 18 heavy (non-hydrogen) atoms. The number of thiazole rings is 1. The van der Waals surface area contributed by atoms with Gasteiger partial charge in [0.2, 0.25) is 0 Å². The van der Waals surface area contributed by atoms with Gasteiger partial charge >= 0.3 is 5.69 Å². The fourth-order valence-corrected chi connectivity index (χ4v) is 2.79.